The lowest BCUT2D eigenvalue weighted by Gasteiger charge is -2.08. The highest BCUT2D eigenvalue weighted by molar-refractivity contribution is 9.10. The van der Waals surface area contributed by atoms with E-state index in [1.165, 1.54) is 0 Å². The molecule has 4 rings (SSSR count). The van der Waals surface area contributed by atoms with E-state index >= 15 is 0 Å². The molecule has 0 aliphatic carbocycles. The highest BCUT2D eigenvalue weighted by atomic mass is 79.9. The van der Waals surface area contributed by atoms with Crippen molar-refractivity contribution in [2.45, 2.75) is 0 Å². The molecule has 0 unspecified atom stereocenters. The first-order chi connectivity index (χ1) is 12.7. The van der Waals surface area contributed by atoms with Crippen LogP contribution in [0.3, 0.4) is 0 Å². The van der Waals surface area contributed by atoms with Crippen molar-refractivity contribution in [3.63, 3.8) is 0 Å². The molecule has 0 radical (unpaired) electrons. The maximum atomic E-state index is 6.11. The van der Waals surface area contributed by atoms with Crippen molar-refractivity contribution in [1.82, 2.24) is 0 Å². The van der Waals surface area contributed by atoms with Crippen LogP contribution in [0, 0.1) is 0 Å². The lowest BCUT2D eigenvalue weighted by molar-refractivity contribution is 0.413. The number of fused-ring (bicyclic) bond motifs is 2. The Morgan fingerprint density at radius 1 is 0.808 bits per heavy atom. The Hall–Kier alpha value is -2.79. The van der Waals surface area contributed by atoms with Gasteiger partial charge in [-0.15, -0.1) is 0 Å². The van der Waals surface area contributed by atoms with Gasteiger partial charge in [-0.05, 0) is 52.3 Å². The van der Waals surface area contributed by atoms with Crippen LogP contribution in [0.4, 0.5) is 5.69 Å². The maximum Gasteiger partial charge on any atom is 0.140 e. The van der Waals surface area contributed by atoms with Gasteiger partial charge < -0.3 is 13.9 Å². The molecule has 0 spiro atoms. The average Bonchev–Trinajstić information content (AvgIpc) is 2.68. The van der Waals surface area contributed by atoms with Crippen LogP contribution >= 0.6 is 15.9 Å². The van der Waals surface area contributed by atoms with Crippen LogP contribution < -0.4 is 14.8 Å². The van der Waals surface area contributed by atoms with Crippen molar-refractivity contribution in [2.24, 2.45) is 4.99 Å². The van der Waals surface area contributed by atoms with Crippen LogP contribution in [-0.4, -0.2) is 14.2 Å². The van der Waals surface area contributed by atoms with Gasteiger partial charge in [0, 0.05) is 27.4 Å². The summed E-state index contributed by atoms with van der Waals surface area (Å²) < 4.78 is 17.7. The number of ether oxygens (including phenoxy) is 2. The third kappa shape index (κ3) is 2.95. The summed E-state index contributed by atoms with van der Waals surface area (Å²) >= 11 is 3.57. The van der Waals surface area contributed by atoms with E-state index in [1.54, 1.807) is 14.2 Å². The van der Waals surface area contributed by atoms with E-state index in [4.69, 9.17) is 18.9 Å². The first kappa shape index (κ1) is 16.7. The van der Waals surface area contributed by atoms with E-state index in [0.29, 0.717) is 11.2 Å². The largest absolute Gasteiger partial charge is 0.497 e. The molecule has 4 aromatic rings. The van der Waals surface area contributed by atoms with Gasteiger partial charge in [-0.25, -0.2) is 4.99 Å². The second kappa shape index (κ2) is 6.84. The Bertz CT molecular complexity index is 1120. The van der Waals surface area contributed by atoms with Crippen LogP contribution in [0.25, 0.3) is 21.9 Å². The van der Waals surface area contributed by atoms with E-state index in [9.17, 15) is 0 Å². The molecule has 0 aliphatic rings. The molecule has 1 heterocycles. The van der Waals surface area contributed by atoms with Gasteiger partial charge in [0.1, 0.15) is 22.7 Å². The maximum absolute atomic E-state index is 6.11. The lowest BCUT2D eigenvalue weighted by Crippen LogP contribution is -2.05. The summed E-state index contributed by atoms with van der Waals surface area (Å²) in [5, 5.41) is 2.68. The summed E-state index contributed by atoms with van der Waals surface area (Å²) in [6, 6.07) is 19.4. The minimum absolute atomic E-state index is 0.705. The van der Waals surface area contributed by atoms with Gasteiger partial charge in [0.25, 0.3) is 0 Å². The van der Waals surface area contributed by atoms with Crippen molar-refractivity contribution in [3.05, 3.63) is 70.5 Å². The molecule has 26 heavy (non-hydrogen) atoms. The smallest absolute Gasteiger partial charge is 0.140 e. The molecule has 0 amide bonds. The monoisotopic (exact) mass is 409 g/mol. The van der Waals surface area contributed by atoms with Gasteiger partial charge in [-0.1, -0.05) is 12.1 Å². The Balaban J connectivity index is 2.14. The predicted octanol–water partition coefficient (Wildman–Crippen LogP) is 5.60. The van der Waals surface area contributed by atoms with Crippen LogP contribution in [0.2, 0.25) is 0 Å². The number of hydrogen-bond acceptors (Lipinski definition) is 4. The lowest BCUT2D eigenvalue weighted by atomic mass is 10.1. The van der Waals surface area contributed by atoms with Crippen molar-refractivity contribution in [3.8, 4) is 11.5 Å². The number of nitrogens with zero attached hydrogens (tertiary/aromatic N) is 1. The van der Waals surface area contributed by atoms with Crippen molar-refractivity contribution < 1.29 is 13.9 Å². The predicted molar refractivity (Wildman–Crippen MR) is 106 cm³/mol. The van der Waals surface area contributed by atoms with Crippen LogP contribution in [0.1, 0.15) is 0 Å². The minimum Gasteiger partial charge on any atom is -0.497 e. The van der Waals surface area contributed by atoms with Gasteiger partial charge in [0.2, 0.25) is 0 Å². The number of benzene rings is 3. The Morgan fingerprint density at radius 2 is 1.38 bits per heavy atom. The Kier molecular flexibility index (Phi) is 4.39. The van der Waals surface area contributed by atoms with Gasteiger partial charge in [-0.2, -0.15) is 0 Å². The fourth-order valence-corrected chi connectivity index (χ4v) is 3.24. The molecule has 0 saturated carbocycles. The highest BCUT2D eigenvalue weighted by Gasteiger charge is 2.09. The molecule has 0 bridgehead atoms. The van der Waals surface area contributed by atoms with Gasteiger partial charge in [0.15, 0.2) is 0 Å². The Morgan fingerprint density at radius 3 is 1.92 bits per heavy atom. The van der Waals surface area contributed by atoms with Crippen molar-refractivity contribution >= 4 is 43.6 Å². The van der Waals surface area contributed by atoms with Crippen LogP contribution in [0.15, 0.2) is 74.5 Å². The number of halogens is 1. The fraction of sp³-hybridized carbons (Fsp3) is 0.0952. The van der Waals surface area contributed by atoms with Gasteiger partial charge >= 0.3 is 0 Å². The van der Waals surface area contributed by atoms with E-state index < -0.39 is 0 Å². The van der Waals surface area contributed by atoms with Crippen molar-refractivity contribution in [2.75, 3.05) is 14.2 Å². The van der Waals surface area contributed by atoms with E-state index in [0.717, 1.165) is 37.8 Å². The molecule has 1 aromatic heterocycles. The molecular weight excluding hydrogens is 394 g/mol. The number of hydrogen-bond donors (Lipinski definition) is 0. The molecule has 4 nitrogen and oxygen atoms in total. The first-order valence-corrected chi connectivity index (χ1v) is 8.87. The summed E-state index contributed by atoms with van der Waals surface area (Å²) in [4.78, 5) is 4.92. The zero-order valence-electron chi connectivity index (χ0n) is 14.3. The third-order valence-electron chi connectivity index (χ3n) is 4.19. The molecule has 0 atom stereocenters. The average molecular weight is 410 g/mol. The first-order valence-electron chi connectivity index (χ1n) is 8.07. The second-order valence-electron chi connectivity index (χ2n) is 5.74. The topological polar surface area (TPSA) is 44.0 Å². The SMILES string of the molecule is COc1ccc2c(=Nc3ccccc3Br)c3ccc(OC)cc3oc2c1. The van der Waals surface area contributed by atoms with E-state index in [-0.39, 0.29) is 0 Å². The Labute approximate surface area is 158 Å². The van der Waals surface area contributed by atoms with Crippen LogP contribution in [-0.2, 0) is 0 Å². The van der Waals surface area contributed by atoms with Crippen LogP contribution in [0.5, 0.6) is 11.5 Å². The molecular formula is C21H16BrNO3. The molecule has 0 saturated heterocycles. The third-order valence-corrected chi connectivity index (χ3v) is 4.86. The highest BCUT2D eigenvalue weighted by Crippen LogP contribution is 2.28. The molecule has 0 fully saturated rings. The number of rotatable bonds is 3. The second-order valence-corrected chi connectivity index (χ2v) is 6.59. The van der Waals surface area contributed by atoms with Gasteiger partial charge in [0.05, 0.1) is 25.3 Å². The number of para-hydroxylation sites is 1. The standard InChI is InChI=1S/C21H16BrNO3/c1-24-13-7-9-15-19(11-13)26-20-12-14(25-2)8-10-16(20)21(15)23-18-6-4-3-5-17(18)22/h3-12H,1-2H3. The summed E-state index contributed by atoms with van der Waals surface area (Å²) in [6.45, 7) is 0. The molecule has 3 aromatic carbocycles. The summed E-state index contributed by atoms with van der Waals surface area (Å²) in [5.74, 6) is 1.46. The zero-order valence-corrected chi connectivity index (χ0v) is 15.9. The number of methoxy groups -OCH3 is 2. The van der Waals surface area contributed by atoms with Gasteiger partial charge in [-0.3, -0.25) is 0 Å². The zero-order chi connectivity index (χ0) is 18.1. The minimum atomic E-state index is 0.705. The van der Waals surface area contributed by atoms with E-state index in [1.807, 2.05) is 60.7 Å². The summed E-state index contributed by atoms with van der Waals surface area (Å²) in [7, 11) is 3.27. The molecule has 130 valence electrons. The molecule has 0 N–H and O–H groups in total. The summed E-state index contributed by atoms with van der Waals surface area (Å²) in [6.07, 6.45) is 0. The molecule has 5 heteroatoms. The fourth-order valence-electron chi connectivity index (χ4n) is 2.87. The van der Waals surface area contributed by atoms with Crippen molar-refractivity contribution in [1.29, 1.82) is 0 Å². The quantitative estimate of drug-likeness (QED) is 0.413. The normalized spacial score (nSPS) is 10.9. The van der Waals surface area contributed by atoms with E-state index in [2.05, 4.69) is 15.9 Å². The molecule has 0 aliphatic heterocycles. The summed E-state index contributed by atoms with van der Waals surface area (Å²) in [5.41, 5.74) is 2.26.